The van der Waals surface area contributed by atoms with E-state index in [4.69, 9.17) is 14.0 Å². The molecule has 0 aliphatic rings. The fourth-order valence-corrected chi connectivity index (χ4v) is 2.99. The first kappa shape index (κ1) is 18.0. The van der Waals surface area contributed by atoms with Crippen LogP contribution in [0.15, 0.2) is 33.7 Å². The first-order valence-corrected chi connectivity index (χ1v) is 8.39. The monoisotopic (exact) mass is 354 g/mol. The van der Waals surface area contributed by atoms with Crippen molar-refractivity contribution in [3.8, 4) is 5.75 Å². The molecule has 0 bridgehead atoms. The van der Waals surface area contributed by atoms with E-state index in [0.717, 1.165) is 4.31 Å². The molecule has 0 aliphatic carbocycles. The number of rotatable bonds is 6. The van der Waals surface area contributed by atoms with Gasteiger partial charge in [0, 0.05) is 20.2 Å². The van der Waals surface area contributed by atoms with Gasteiger partial charge in [0.05, 0.1) is 12.7 Å². The van der Waals surface area contributed by atoms with E-state index in [9.17, 15) is 13.2 Å². The number of hydrogen-bond acceptors (Lipinski definition) is 7. The summed E-state index contributed by atoms with van der Waals surface area (Å²) in [4.78, 5) is 12.0. The fourth-order valence-electron chi connectivity index (χ4n) is 1.91. The van der Waals surface area contributed by atoms with Crippen LogP contribution in [0.2, 0.25) is 0 Å². The Morgan fingerprint density at radius 1 is 1.29 bits per heavy atom. The molecule has 0 unspecified atom stereocenters. The lowest BCUT2D eigenvalue weighted by molar-refractivity contribution is 0.0464. The van der Waals surface area contributed by atoms with Crippen molar-refractivity contribution in [2.45, 2.75) is 18.4 Å². The van der Waals surface area contributed by atoms with Gasteiger partial charge in [0.1, 0.15) is 28.7 Å². The molecule has 0 N–H and O–H groups in total. The van der Waals surface area contributed by atoms with Crippen molar-refractivity contribution in [3.05, 3.63) is 41.3 Å². The Kier molecular flexibility index (Phi) is 5.25. The molecule has 1 aromatic heterocycles. The second-order valence-electron chi connectivity index (χ2n) is 5.16. The Bertz CT molecular complexity index is 841. The number of sulfonamides is 1. The van der Waals surface area contributed by atoms with Gasteiger partial charge in [-0.2, -0.15) is 0 Å². The third-order valence-corrected chi connectivity index (χ3v) is 5.02. The van der Waals surface area contributed by atoms with Gasteiger partial charge in [-0.1, -0.05) is 5.16 Å². The third-order valence-electron chi connectivity index (χ3n) is 3.19. The van der Waals surface area contributed by atoms with Crippen molar-refractivity contribution in [2.24, 2.45) is 0 Å². The van der Waals surface area contributed by atoms with Gasteiger partial charge in [0.25, 0.3) is 0 Å². The molecule has 0 atom stereocenters. The van der Waals surface area contributed by atoms with Crippen molar-refractivity contribution in [2.75, 3.05) is 21.2 Å². The summed E-state index contributed by atoms with van der Waals surface area (Å²) in [7, 11) is 0.381. The average molecular weight is 354 g/mol. The number of aryl methyl sites for hydroxylation is 1. The van der Waals surface area contributed by atoms with Crippen LogP contribution in [0.5, 0.6) is 5.75 Å². The first-order valence-electron chi connectivity index (χ1n) is 6.95. The minimum Gasteiger partial charge on any atom is -0.495 e. The highest BCUT2D eigenvalue weighted by molar-refractivity contribution is 7.89. The van der Waals surface area contributed by atoms with Gasteiger partial charge in [-0.25, -0.2) is 17.5 Å². The number of benzene rings is 1. The summed E-state index contributed by atoms with van der Waals surface area (Å²) in [6, 6.07) is 5.71. The molecule has 0 radical (unpaired) electrons. The van der Waals surface area contributed by atoms with Crippen LogP contribution >= 0.6 is 0 Å². The van der Waals surface area contributed by atoms with Crippen LogP contribution < -0.4 is 4.74 Å². The number of hydrogen-bond donors (Lipinski definition) is 0. The molecule has 0 saturated heterocycles. The fraction of sp³-hybridized carbons (Fsp3) is 0.333. The lowest BCUT2D eigenvalue weighted by Crippen LogP contribution is -2.23. The van der Waals surface area contributed by atoms with Crippen molar-refractivity contribution in [3.63, 3.8) is 0 Å². The number of methoxy groups -OCH3 is 1. The Balaban J connectivity index is 2.26. The van der Waals surface area contributed by atoms with E-state index in [-0.39, 0.29) is 22.8 Å². The van der Waals surface area contributed by atoms with Gasteiger partial charge in [-0.3, -0.25) is 0 Å². The summed E-state index contributed by atoms with van der Waals surface area (Å²) in [5.41, 5.74) is 0.562. The molecule has 0 fully saturated rings. The van der Waals surface area contributed by atoms with Crippen LogP contribution in [-0.4, -0.2) is 45.1 Å². The third kappa shape index (κ3) is 3.74. The van der Waals surface area contributed by atoms with Gasteiger partial charge >= 0.3 is 5.97 Å². The SMILES string of the molecule is COc1ccc(C(=O)OCc2cc(C)on2)cc1S(=O)(=O)N(C)C. The van der Waals surface area contributed by atoms with Crippen LogP contribution in [0, 0.1) is 6.92 Å². The van der Waals surface area contributed by atoms with E-state index in [1.54, 1.807) is 13.0 Å². The lowest BCUT2D eigenvalue weighted by atomic mass is 10.2. The standard InChI is InChI=1S/C15H18N2O6S/c1-10-7-12(16-23-10)9-22-15(18)11-5-6-13(21-4)14(8-11)24(19,20)17(2)3/h5-8H,9H2,1-4H3. The largest absolute Gasteiger partial charge is 0.495 e. The van der Waals surface area contributed by atoms with Crippen molar-refractivity contribution < 1.29 is 27.2 Å². The molecular weight excluding hydrogens is 336 g/mol. The second kappa shape index (κ2) is 7.02. The molecule has 1 heterocycles. The maximum absolute atomic E-state index is 12.3. The number of aromatic nitrogens is 1. The van der Waals surface area contributed by atoms with E-state index >= 15 is 0 Å². The van der Waals surface area contributed by atoms with Crippen molar-refractivity contribution >= 4 is 16.0 Å². The predicted molar refractivity (Wildman–Crippen MR) is 84.2 cm³/mol. The first-order chi connectivity index (χ1) is 11.3. The van der Waals surface area contributed by atoms with Crippen LogP contribution in [0.4, 0.5) is 0 Å². The number of carbonyl (C=O) groups excluding carboxylic acids is 1. The van der Waals surface area contributed by atoms with Gasteiger partial charge in [0.15, 0.2) is 0 Å². The highest BCUT2D eigenvalue weighted by atomic mass is 32.2. The van der Waals surface area contributed by atoms with Crippen LogP contribution in [0.25, 0.3) is 0 Å². The lowest BCUT2D eigenvalue weighted by Gasteiger charge is -2.15. The Morgan fingerprint density at radius 3 is 2.54 bits per heavy atom. The van der Waals surface area contributed by atoms with E-state index in [0.29, 0.717) is 11.5 Å². The van der Waals surface area contributed by atoms with Crippen LogP contribution in [-0.2, 0) is 21.4 Å². The summed E-state index contributed by atoms with van der Waals surface area (Å²) >= 11 is 0. The molecular formula is C15H18N2O6S. The molecule has 0 saturated carbocycles. The molecule has 0 amide bonds. The number of esters is 1. The Morgan fingerprint density at radius 2 is 2.00 bits per heavy atom. The zero-order valence-corrected chi connectivity index (χ0v) is 14.6. The average Bonchev–Trinajstić information content (AvgIpc) is 2.97. The highest BCUT2D eigenvalue weighted by Crippen LogP contribution is 2.27. The quantitative estimate of drug-likeness (QED) is 0.727. The van der Waals surface area contributed by atoms with Crippen LogP contribution in [0.3, 0.4) is 0 Å². The Hall–Kier alpha value is -2.39. The number of carbonyl (C=O) groups is 1. The van der Waals surface area contributed by atoms with Gasteiger partial charge in [0.2, 0.25) is 10.0 Å². The van der Waals surface area contributed by atoms with E-state index in [2.05, 4.69) is 5.16 Å². The molecule has 24 heavy (non-hydrogen) atoms. The zero-order chi connectivity index (χ0) is 17.9. The molecule has 130 valence electrons. The maximum atomic E-state index is 12.3. The van der Waals surface area contributed by atoms with Gasteiger partial charge in [-0.15, -0.1) is 0 Å². The number of nitrogens with zero attached hydrogens (tertiary/aromatic N) is 2. The molecule has 1 aromatic carbocycles. The molecule has 8 nitrogen and oxygen atoms in total. The summed E-state index contributed by atoms with van der Waals surface area (Å²) in [5.74, 6) is 0.0748. The zero-order valence-electron chi connectivity index (χ0n) is 13.8. The van der Waals surface area contributed by atoms with Crippen molar-refractivity contribution in [1.82, 2.24) is 9.46 Å². The smallest absolute Gasteiger partial charge is 0.338 e. The summed E-state index contributed by atoms with van der Waals surface area (Å²) in [6.07, 6.45) is 0. The highest BCUT2D eigenvalue weighted by Gasteiger charge is 2.24. The molecule has 0 aliphatic heterocycles. The maximum Gasteiger partial charge on any atom is 0.338 e. The molecule has 2 rings (SSSR count). The summed E-state index contributed by atoms with van der Waals surface area (Å²) in [5, 5.41) is 3.71. The van der Waals surface area contributed by atoms with E-state index in [1.165, 1.54) is 39.4 Å². The minimum atomic E-state index is -3.77. The van der Waals surface area contributed by atoms with E-state index < -0.39 is 16.0 Å². The summed E-state index contributed by atoms with van der Waals surface area (Å²) in [6.45, 7) is 1.65. The second-order valence-corrected chi connectivity index (χ2v) is 7.28. The van der Waals surface area contributed by atoms with Crippen LogP contribution in [0.1, 0.15) is 21.8 Å². The normalized spacial score (nSPS) is 11.5. The summed E-state index contributed by atoms with van der Waals surface area (Å²) < 4.78 is 40.8. The predicted octanol–water partition coefficient (Wildman–Crippen LogP) is 1.60. The van der Waals surface area contributed by atoms with Crippen molar-refractivity contribution in [1.29, 1.82) is 0 Å². The minimum absolute atomic E-state index is 0.0715. The van der Waals surface area contributed by atoms with E-state index in [1.807, 2.05) is 0 Å². The van der Waals surface area contributed by atoms with Gasteiger partial charge in [-0.05, 0) is 25.1 Å². The molecule has 0 spiro atoms. The number of ether oxygens (including phenoxy) is 2. The van der Waals surface area contributed by atoms with Gasteiger partial charge < -0.3 is 14.0 Å². The topological polar surface area (TPSA) is 98.9 Å². The Labute approximate surface area is 140 Å². The molecule has 2 aromatic rings. The molecule has 9 heteroatoms.